The Labute approximate surface area is 201 Å². The number of carbonyl (C=O) groups excluding carboxylic acids is 2. The number of benzene rings is 3. The molecule has 3 aromatic carbocycles. The molecular formula is C29H32N2O3. The lowest BCUT2D eigenvalue weighted by Crippen LogP contribution is -2.40. The molecule has 0 fully saturated rings. The van der Waals surface area contributed by atoms with Crippen LogP contribution in [0.15, 0.2) is 66.7 Å². The fourth-order valence-corrected chi connectivity index (χ4v) is 4.47. The number of hydrogen-bond acceptors (Lipinski definition) is 3. The topological polar surface area (TPSA) is 58.6 Å². The summed E-state index contributed by atoms with van der Waals surface area (Å²) in [4.78, 5) is 27.5. The summed E-state index contributed by atoms with van der Waals surface area (Å²) in [6.07, 6.45) is 0.588. The van der Waals surface area contributed by atoms with E-state index in [1.807, 2.05) is 55.1 Å². The third-order valence-electron chi connectivity index (χ3n) is 6.33. The van der Waals surface area contributed by atoms with Crippen LogP contribution in [0.5, 0.6) is 5.75 Å². The lowest BCUT2D eigenvalue weighted by Gasteiger charge is -2.38. The van der Waals surface area contributed by atoms with E-state index in [2.05, 4.69) is 42.6 Å². The molecule has 0 bridgehead atoms. The maximum atomic E-state index is 12.8. The molecule has 176 valence electrons. The van der Waals surface area contributed by atoms with E-state index in [4.69, 9.17) is 4.74 Å². The second kappa shape index (κ2) is 10.1. The van der Waals surface area contributed by atoms with Crippen molar-refractivity contribution in [2.75, 3.05) is 11.9 Å². The van der Waals surface area contributed by atoms with Crippen molar-refractivity contribution >= 4 is 17.5 Å². The largest absolute Gasteiger partial charge is 0.481 e. The second-order valence-corrected chi connectivity index (χ2v) is 8.98. The van der Waals surface area contributed by atoms with E-state index in [0.717, 1.165) is 28.8 Å². The van der Waals surface area contributed by atoms with Crippen molar-refractivity contribution in [2.24, 2.45) is 0 Å². The van der Waals surface area contributed by atoms with Gasteiger partial charge in [0.15, 0.2) is 6.10 Å². The number of aryl methyl sites for hydroxylation is 2. The van der Waals surface area contributed by atoms with Crippen molar-refractivity contribution in [3.8, 4) is 5.75 Å². The summed E-state index contributed by atoms with van der Waals surface area (Å²) < 4.78 is 6.05. The Morgan fingerprint density at radius 2 is 1.79 bits per heavy atom. The quantitative estimate of drug-likeness (QED) is 0.526. The van der Waals surface area contributed by atoms with Crippen LogP contribution < -0.4 is 10.1 Å². The minimum absolute atomic E-state index is 0.133. The van der Waals surface area contributed by atoms with Crippen molar-refractivity contribution in [2.45, 2.75) is 52.7 Å². The second-order valence-electron chi connectivity index (χ2n) is 8.98. The van der Waals surface area contributed by atoms with Gasteiger partial charge in [0.25, 0.3) is 5.91 Å². The van der Waals surface area contributed by atoms with E-state index in [0.29, 0.717) is 18.7 Å². The van der Waals surface area contributed by atoms with Crippen LogP contribution >= 0.6 is 0 Å². The predicted molar refractivity (Wildman–Crippen MR) is 135 cm³/mol. The van der Waals surface area contributed by atoms with Crippen LogP contribution in [0.2, 0.25) is 0 Å². The maximum absolute atomic E-state index is 12.8. The van der Waals surface area contributed by atoms with Crippen LogP contribution in [0.4, 0.5) is 5.69 Å². The Kier molecular flexibility index (Phi) is 7.01. The standard InChI is InChI=1S/C29H32N2O3/c1-5-27(32)31-16-15-22-13-14-25(18-26(22)28(31)23-11-9-19(2)10-12-23)34-21(4)29(33)30-24-8-6-7-20(3)17-24/h6-14,17-18,21,28H,5,15-16H2,1-4H3,(H,30,33)/t21-,28-/m1/s1. The number of rotatable bonds is 6. The highest BCUT2D eigenvalue weighted by Gasteiger charge is 2.32. The van der Waals surface area contributed by atoms with Gasteiger partial charge in [0.05, 0.1) is 6.04 Å². The lowest BCUT2D eigenvalue weighted by atomic mass is 9.87. The van der Waals surface area contributed by atoms with Crippen LogP contribution in [0.1, 0.15) is 54.1 Å². The zero-order chi connectivity index (χ0) is 24.2. The average Bonchev–Trinajstić information content (AvgIpc) is 2.83. The molecule has 4 rings (SSSR count). The number of carbonyl (C=O) groups is 2. The molecule has 2 atom stereocenters. The highest BCUT2D eigenvalue weighted by atomic mass is 16.5. The number of fused-ring (bicyclic) bond motifs is 1. The van der Waals surface area contributed by atoms with E-state index in [1.54, 1.807) is 6.92 Å². The third-order valence-corrected chi connectivity index (χ3v) is 6.33. The molecule has 1 N–H and O–H groups in total. The summed E-state index contributed by atoms with van der Waals surface area (Å²) >= 11 is 0. The Balaban J connectivity index is 1.60. The van der Waals surface area contributed by atoms with E-state index < -0.39 is 6.10 Å². The highest BCUT2D eigenvalue weighted by molar-refractivity contribution is 5.94. The van der Waals surface area contributed by atoms with E-state index in [-0.39, 0.29) is 17.9 Å². The zero-order valence-corrected chi connectivity index (χ0v) is 20.3. The Morgan fingerprint density at radius 3 is 2.50 bits per heavy atom. The number of amides is 2. The number of anilines is 1. The monoisotopic (exact) mass is 456 g/mol. The molecular weight excluding hydrogens is 424 g/mol. The minimum Gasteiger partial charge on any atom is -0.481 e. The predicted octanol–water partition coefficient (Wildman–Crippen LogP) is 5.59. The van der Waals surface area contributed by atoms with Crippen molar-refractivity contribution in [1.82, 2.24) is 4.90 Å². The molecule has 5 nitrogen and oxygen atoms in total. The van der Waals surface area contributed by atoms with Crippen molar-refractivity contribution in [1.29, 1.82) is 0 Å². The molecule has 0 saturated carbocycles. The van der Waals surface area contributed by atoms with Crippen LogP contribution in [-0.4, -0.2) is 29.4 Å². The van der Waals surface area contributed by atoms with Crippen molar-refractivity contribution in [3.05, 3.63) is 94.5 Å². The lowest BCUT2D eigenvalue weighted by molar-refractivity contribution is -0.133. The summed E-state index contributed by atoms with van der Waals surface area (Å²) in [6, 6.07) is 21.8. The van der Waals surface area contributed by atoms with Crippen LogP contribution in [0.3, 0.4) is 0 Å². The Bertz CT molecular complexity index is 1190. The summed E-state index contributed by atoms with van der Waals surface area (Å²) in [5.74, 6) is 0.545. The van der Waals surface area contributed by atoms with E-state index in [9.17, 15) is 9.59 Å². The fourth-order valence-electron chi connectivity index (χ4n) is 4.47. The molecule has 2 amide bonds. The van der Waals surface area contributed by atoms with Gasteiger partial charge in [-0.1, -0.05) is 55.0 Å². The van der Waals surface area contributed by atoms with Crippen molar-refractivity contribution in [3.63, 3.8) is 0 Å². The van der Waals surface area contributed by atoms with Gasteiger partial charge in [0.2, 0.25) is 5.91 Å². The fraction of sp³-hybridized carbons (Fsp3) is 0.310. The smallest absolute Gasteiger partial charge is 0.265 e. The van der Waals surface area contributed by atoms with Gasteiger partial charge < -0.3 is 15.0 Å². The maximum Gasteiger partial charge on any atom is 0.265 e. The first kappa shape index (κ1) is 23.6. The molecule has 1 heterocycles. The van der Waals surface area contributed by atoms with Gasteiger partial charge in [0, 0.05) is 18.7 Å². The first-order valence-electron chi connectivity index (χ1n) is 11.9. The highest BCUT2D eigenvalue weighted by Crippen LogP contribution is 2.37. The molecule has 0 unspecified atom stereocenters. The van der Waals surface area contributed by atoms with Gasteiger partial charge in [-0.25, -0.2) is 0 Å². The van der Waals surface area contributed by atoms with Gasteiger partial charge in [-0.15, -0.1) is 0 Å². The first-order valence-corrected chi connectivity index (χ1v) is 11.9. The molecule has 34 heavy (non-hydrogen) atoms. The number of nitrogens with one attached hydrogen (secondary N) is 1. The van der Waals surface area contributed by atoms with Crippen LogP contribution in [0.25, 0.3) is 0 Å². The average molecular weight is 457 g/mol. The molecule has 0 spiro atoms. The summed E-state index contributed by atoms with van der Waals surface area (Å²) in [7, 11) is 0. The molecule has 5 heteroatoms. The van der Waals surface area contributed by atoms with Crippen LogP contribution in [-0.2, 0) is 16.0 Å². The van der Waals surface area contributed by atoms with Gasteiger partial charge >= 0.3 is 0 Å². The zero-order valence-electron chi connectivity index (χ0n) is 20.3. The Morgan fingerprint density at radius 1 is 1.03 bits per heavy atom. The van der Waals surface area contributed by atoms with Gasteiger partial charge in [-0.05, 0) is 73.7 Å². The van der Waals surface area contributed by atoms with Gasteiger partial charge in [-0.3, -0.25) is 9.59 Å². The molecule has 1 aliphatic heterocycles. The number of ether oxygens (including phenoxy) is 1. The van der Waals surface area contributed by atoms with Crippen molar-refractivity contribution < 1.29 is 14.3 Å². The summed E-state index contributed by atoms with van der Waals surface area (Å²) in [5, 5.41) is 2.92. The SMILES string of the molecule is CCC(=O)N1CCc2ccc(O[C@H](C)C(=O)Nc3cccc(C)c3)cc2[C@H]1c1ccc(C)cc1. The molecule has 0 saturated heterocycles. The van der Waals surface area contributed by atoms with Crippen LogP contribution in [0, 0.1) is 13.8 Å². The first-order chi connectivity index (χ1) is 16.4. The number of hydrogen-bond donors (Lipinski definition) is 1. The van der Waals surface area contributed by atoms with E-state index in [1.165, 1.54) is 11.1 Å². The molecule has 0 aromatic heterocycles. The normalized spacial score (nSPS) is 15.9. The van der Waals surface area contributed by atoms with E-state index >= 15 is 0 Å². The molecule has 0 aliphatic carbocycles. The summed E-state index contributed by atoms with van der Waals surface area (Å²) in [5.41, 5.74) is 6.35. The number of nitrogens with zero attached hydrogens (tertiary/aromatic N) is 1. The minimum atomic E-state index is -0.673. The molecule has 3 aromatic rings. The van der Waals surface area contributed by atoms with Gasteiger partial charge in [-0.2, -0.15) is 0 Å². The molecule has 0 radical (unpaired) electrons. The summed E-state index contributed by atoms with van der Waals surface area (Å²) in [6.45, 7) is 8.38. The third kappa shape index (κ3) is 5.14. The Hall–Kier alpha value is -3.60. The van der Waals surface area contributed by atoms with Gasteiger partial charge in [0.1, 0.15) is 5.75 Å². The molecule has 1 aliphatic rings.